The van der Waals surface area contributed by atoms with E-state index in [4.69, 9.17) is 0 Å². The summed E-state index contributed by atoms with van der Waals surface area (Å²) in [4.78, 5) is 0. The summed E-state index contributed by atoms with van der Waals surface area (Å²) in [6.45, 7) is 8.37. The number of quaternary nitrogens is 1. The Morgan fingerprint density at radius 1 is 0.950 bits per heavy atom. The van der Waals surface area contributed by atoms with Gasteiger partial charge in [-0.2, -0.15) is 16.8 Å². The fourth-order valence-corrected chi connectivity index (χ4v) is 4.00. The summed E-state index contributed by atoms with van der Waals surface area (Å²) >= 11 is 0. The monoisotopic (exact) mass is 335 g/mol. The smallest absolute Gasteiger partial charge is 0.323 e. The van der Waals surface area contributed by atoms with Crippen LogP contribution in [0.15, 0.2) is 0 Å². The van der Waals surface area contributed by atoms with Gasteiger partial charge in [0.2, 0.25) is 0 Å². The Morgan fingerprint density at radius 3 is 1.75 bits per heavy atom. The summed E-state index contributed by atoms with van der Waals surface area (Å²) in [6.07, 6.45) is 5.97. The molecule has 1 N–H and O–H groups in total. The van der Waals surface area contributed by atoms with Gasteiger partial charge in [-0.05, 0) is 19.3 Å². The van der Waals surface area contributed by atoms with Gasteiger partial charge in [-0.3, -0.25) is 0 Å². The third-order valence-electron chi connectivity index (χ3n) is 3.76. The summed E-state index contributed by atoms with van der Waals surface area (Å²) in [7, 11) is -11.0. The van der Waals surface area contributed by atoms with Gasteiger partial charge in [0, 0.05) is 12.3 Å². The molecule has 0 amide bonds. The minimum absolute atomic E-state index is 0.0694. The first kappa shape index (κ1) is 17.7. The van der Waals surface area contributed by atoms with E-state index in [2.05, 4.69) is 6.92 Å². The van der Waals surface area contributed by atoms with Gasteiger partial charge >= 0.3 is 20.8 Å². The summed E-state index contributed by atoms with van der Waals surface area (Å²) in [5, 5.41) is 0. The zero-order valence-electron chi connectivity index (χ0n) is 11.4. The highest BCUT2D eigenvalue weighted by Crippen LogP contribution is 2.28. The molecule has 2 saturated heterocycles. The molecule has 0 radical (unpaired) electrons. The maximum atomic E-state index is 11.1. The molecule has 0 saturated carbocycles. The zero-order chi connectivity index (χ0) is 15.4. The quantitative estimate of drug-likeness (QED) is 0.604. The second-order valence-electron chi connectivity index (χ2n) is 5.61. The van der Waals surface area contributed by atoms with Crippen molar-refractivity contribution in [3.05, 3.63) is 0 Å². The lowest BCUT2D eigenvalue weighted by Gasteiger charge is -2.37. The van der Waals surface area contributed by atoms with Crippen LogP contribution >= 0.6 is 0 Å². The lowest BCUT2D eigenvalue weighted by atomic mass is 10.1. The molecule has 2 aliphatic rings. The van der Waals surface area contributed by atoms with Gasteiger partial charge in [-0.15, -0.1) is 0 Å². The Kier molecular flexibility index (Phi) is 5.88. The lowest BCUT2D eigenvalue weighted by Crippen LogP contribution is -2.49. The summed E-state index contributed by atoms with van der Waals surface area (Å²) in [6, 6.07) is 0. The number of nitrogens with one attached hydrogen (secondary N) is 1. The van der Waals surface area contributed by atoms with E-state index in [0.717, 1.165) is 5.92 Å². The molecule has 0 bridgehead atoms. The van der Waals surface area contributed by atoms with Crippen molar-refractivity contribution < 1.29 is 29.1 Å². The molecule has 0 aromatic rings. The highest BCUT2D eigenvalue weighted by atomic mass is 32.3. The van der Waals surface area contributed by atoms with Crippen LogP contribution in [0.2, 0.25) is 0 Å². The zero-order valence-corrected chi connectivity index (χ0v) is 13.0. The van der Waals surface area contributed by atoms with Crippen molar-refractivity contribution in [2.45, 2.75) is 32.6 Å². The first-order chi connectivity index (χ1) is 9.02. The van der Waals surface area contributed by atoms with Crippen molar-refractivity contribution >= 4 is 20.8 Å². The largest absolute Gasteiger partial charge is 0.387 e. The molecule has 0 aromatic heterocycles. The molecule has 0 aromatic carbocycles. The Bertz CT molecular complexity index is 480. The number of halogens is 2. The molecular weight excluding hydrogens is 314 g/mol. The van der Waals surface area contributed by atoms with Gasteiger partial charge in [0.05, 0.1) is 26.2 Å². The van der Waals surface area contributed by atoms with Crippen LogP contribution in [-0.2, 0) is 20.8 Å². The van der Waals surface area contributed by atoms with E-state index in [1.54, 1.807) is 0 Å². The summed E-state index contributed by atoms with van der Waals surface area (Å²) < 4.78 is 60.8. The molecule has 0 aliphatic carbocycles. The van der Waals surface area contributed by atoms with Crippen LogP contribution in [0.5, 0.6) is 0 Å². The van der Waals surface area contributed by atoms with Crippen molar-refractivity contribution in [2.75, 3.05) is 26.2 Å². The van der Waals surface area contributed by atoms with E-state index in [9.17, 15) is 24.6 Å². The highest BCUT2D eigenvalue weighted by Gasteiger charge is 2.36. The molecule has 1 atom stereocenters. The standard InChI is InChI=1S/C10H20N.F2HNO4S2/c1-10-5-8-11(9-10)6-3-2-4-7-11;1-8(4,5)3-9(2,6)7/h10H,2-9H2,1H3;3H/q+1;. The molecule has 2 rings (SSSR count). The Hall–Kier alpha value is -0.320. The maximum absolute atomic E-state index is 11.1. The number of hydrogen-bond acceptors (Lipinski definition) is 4. The molecule has 10 heteroatoms. The van der Waals surface area contributed by atoms with Gasteiger partial charge in [0.25, 0.3) is 0 Å². The van der Waals surface area contributed by atoms with Crippen LogP contribution in [0.3, 0.4) is 0 Å². The van der Waals surface area contributed by atoms with Crippen LogP contribution in [0.4, 0.5) is 7.77 Å². The van der Waals surface area contributed by atoms with Crippen LogP contribution in [-0.4, -0.2) is 47.5 Å². The fraction of sp³-hybridized carbons (Fsp3) is 1.00. The number of nitrogens with zero attached hydrogens (tertiary/aromatic N) is 1. The molecule has 1 unspecified atom stereocenters. The number of piperidine rings is 1. The van der Waals surface area contributed by atoms with E-state index in [0.29, 0.717) is 0 Å². The topological polar surface area (TPSA) is 80.3 Å². The van der Waals surface area contributed by atoms with Crippen molar-refractivity contribution in [1.29, 1.82) is 0 Å². The molecule has 2 fully saturated rings. The molecule has 2 aliphatic heterocycles. The Balaban J connectivity index is 0.000000206. The van der Waals surface area contributed by atoms with Gasteiger partial charge in [-0.25, -0.2) is 0 Å². The molecule has 20 heavy (non-hydrogen) atoms. The predicted octanol–water partition coefficient (Wildman–Crippen LogP) is 1.03. The summed E-state index contributed by atoms with van der Waals surface area (Å²) in [5.74, 6) is 1.01. The van der Waals surface area contributed by atoms with E-state index >= 15 is 0 Å². The van der Waals surface area contributed by atoms with Crippen molar-refractivity contribution in [3.8, 4) is 0 Å². The lowest BCUT2D eigenvalue weighted by molar-refractivity contribution is -0.922. The second-order valence-corrected chi connectivity index (χ2v) is 8.03. The van der Waals surface area contributed by atoms with E-state index in [-0.39, 0.29) is 4.13 Å². The Morgan fingerprint density at radius 2 is 1.45 bits per heavy atom. The summed E-state index contributed by atoms with van der Waals surface area (Å²) in [5.41, 5.74) is 0. The molecule has 2 heterocycles. The molecule has 6 nitrogen and oxygen atoms in total. The molecular formula is C10H21F2N2O4S2+. The average molecular weight is 335 g/mol. The van der Waals surface area contributed by atoms with Gasteiger partial charge in [0.1, 0.15) is 0 Å². The van der Waals surface area contributed by atoms with E-state index in [1.807, 2.05) is 0 Å². The SMILES string of the molecule is CC1CC[N+]2(CCCCC2)C1.O=S(=O)(F)NS(=O)(=O)F. The normalized spacial score (nSPS) is 26.1. The molecule has 1 spiro atoms. The average Bonchev–Trinajstić information content (AvgIpc) is 2.56. The van der Waals surface area contributed by atoms with Crippen LogP contribution in [0.1, 0.15) is 32.6 Å². The van der Waals surface area contributed by atoms with E-state index in [1.165, 1.54) is 56.3 Å². The Labute approximate surface area is 119 Å². The molecule has 120 valence electrons. The van der Waals surface area contributed by atoms with Crippen molar-refractivity contribution in [3.63, 3.8) is 0 Å². The van der Waals surface area contributed by atoms with Gasteiger partial charge in [0.15, 0.2) is 0 Å². The van der Waals surface area contributed by atoms with Crippen molar-refractivity contribution in [2.24, 2.45) is 5.92 Å². The second kappa shape index (κ2) is 6.63. The third kappa shape index (κ3) is 6.91. The van der Waals surface area contributed by atoms with Crippen LogP contribution in [0.25, 0.3) is 0 Å². The van der Waals surface area contributed by atoms with Gasteiger partial charge in [-0.1, -0.05) is 18.8 Å². The minimum Gasteiger partial charge on any atom is -0.323 e. The predicted molar refractivity (Wildman–Crippen MR) is 70.6 cm³/mol. The first-order valence-corrected chi connectivity index (χ1v) is 9.31. The van der Waals surface area contributed by atoms with Crippen LogP contribution in [0, 0.1) is 5.92 Å². The number of rotatable bonds is 2. The van der Waals surface area contributed by atoms with Crippen LogP contribution < -0.4 is 4.13 Å². The first-order valence-electron chi connectivity index (χ1n) is 6.54. The number of hydrogen-bond donors (Lipinski definition) is 1. The maximum Gasteiger partial charge on any atom is 0.387 e. The highest BCUT2D eigenvalue weighted by molar-refractivity contribution is 7.99. The minimum atomic E-state index is -5.49. The van der Waals surface area contributed by atoms with Gasteiger partial charge < -0.3 is 4.48 Å². The third-order valence-corrected chi connectivity index (χ3v) is 5.35. The fourth-order valence-electron chi connectivity index (χ4n) is 3.05. The van der Waals surface area contributed by atoms with Crippen molar-refractivity contribution in [1.82, 2.24) is 4.13 Å². The van der Waals surface area contributed by atoms with E-state index < -0.39 is 20.8 Å².